The van der Waals surface area contributed by atoms with Gasteiger partial charge in [0.05, 0.1) is 68.9 Å². The van der Waals surface area contributed by atoms with Crippen molar-refractivity contribution in [2.24, 2.45) is 29.2 Å². The van der Waals surface area contributed by atoms with Crippen LogP contribution < -0.4 is 26.6 Å². The van der Waals surface area contributed by atoms with Crippen molar-refractivity contribution in [1.29, 1.82) is 0 Å². The number of nitrogens with zero attached hydrogens (tertiary/aromatic N) is 13. The van der Waals surface area contributed by atoms with Crippen LogP contribution >= 0.6 is 0 Å². The number of carbonyl (C=O) groups excluding carboxylic acids is 2. The molecule has 5 atom stereocenters. The van der Waals surface area contributed by atoms with E-state index in [9.17, 15) is 19.5 Å². The summed E-state index contributed by atoms with van der Waals surface area (Å²) in [7, 11) is 0. The van der Waals surface area contributed by atoms with E-state index in [1.54, 1.807) is 15.8 Å². The largest absolute Gasteiger partial charge is 0.481 e. The third-order valence-electron chi connectivity index (χ3n) is 12.0. The van der Waals surface area contributed by atoms with E-state index in [1.807, 2.05) is 20.9 Å². The first-order chi connectivity index (χ1) is 32.7. The molecule has 6 N–H and O–H groups in total. The molecule has 2 amide bonds. The number of nitrogens with one attached hydrogen (secondary N) is 1. The van der Waals surface area contributed by atoms with Crippen LogP contribution in [-0.4, -0.2) is 176 Å². The van der Waals surface area contributed by atoms with Gasteiger partial charge in [0.15, 0.2) is 0 Å². The van der Waals surface area contributed by atoms with Crippen molar-refractivity contribution in [1.82, 2.24) is 54.7 Å². The highest BCUT2D eigenvalue weighted by Crippen LogP contribution is 2.28. The first-order valence-corrected chi connectivity index (χ1v) is 24.0. The Kier molecular flexibility index (Phi) is 21.1. The number of nitrogens with two attached hydrogens (primary N) is 2. The van der Waals surface area contributed by atoms with E-state index in [0.29, 0.717) is 139 Å². The van der Waals surface area contributed by atoms with Crippen molar-refractivity contribution < 1.29 is 33.7 Å². The molecule has 0 aliphatic carbocycles. The Hall–Kier alpha value is -5.54. The van der Waals surface area contributed by atoms with E-state index in [0.717, 1.165) is 12.8 Å². The van der Waals surface area contributed by atoms with Crippen LogP contribution in [0.2, 0.25) is 0 Å². The number of rotatable bonds is 28. The Morgan fingerprint density at radius 2 is 1.24 bits per heavy atom. The Labute approximate surface area is 400 Å². The number of carboxylic acid groups (broad SMARTS) is 1. The standard InChI is InChI=1S/C45H74N16O7/c1-8-21-66-23-25-68-26-24-67-22-12-48-43-49-44(58-17-13-56(14-18-58)41(64)38(10-11-39(62)63)60-29-36(52-54-60)34(46)27-31(3)4)51-45(50-43)59-19-15-57(16-20-59)42(65)40(33(7)9-2)61-30-37(53-55-61)35(47)28-32(5)6/h1,29-35,38,40H,9-28,46-47H2,2-7H3,(H,62,63)(H,48,49,50,51)/t33-,34?,35?,38-,40?/m0/s1. The lowest BCUT2D eigenvalue weighted by Gasteiger charge is -2.38. The number of carboxylic acids is 1. The molecule has 5 heterocycles. The van der Waals surface area contributed by atoms with Gasteiger partial charge in [-0.1, -0.05) is 64.3 Å². The van der Waals surface area contributed by atoms with Crippen LogP contribution in [0.1, 0.15) is 109 Å². The van der Waals surface area contributed by atoms with Gasteiger partial charge in [0.2, 0.25) is 29.7 Å². The van der Waals surface area contributed by atoms with Crippen LogP contribution in [0.3, 0.4) is 0 Å². The smallest absolute Gasteiger partial charge is 0.303 e. The third-order valence-corrected chi connectivity index (χ3v) is 12.0. The van der Waals surface area contributed by atoms with Gasteiger partial charge in [-0.3, -0.25) is 14.4 Å². The summed E-state index contributed by atoms with van der Waals surface area (Å²) in [6, 6.07) is -2.01. The van der Waals surface area contributed by atoms with Gasteiger partial charge in [0.25, 0.3) is 0 Å². The summed E-state index contributed by atoms with van der Waals surface area (Å²) in [5, 5.41) is 30.0. The van der Waals surface area contributed by atoms with Gasteiger partial charge in [-0.2, -0.15) is 15.0 Å². The average molecular weight is 951 g/mol. The minimum absolute atomic E-state index is 0.00626. The number of piperazine rings is 2. The first-order valence-electron chi connectivity index (χ1n) is 24.0. The van der Waals surface area contributed by atoms with E-state index in [-0.39, 0.29) is 49.3 Å². The predicted molar refractivity (Wildman–Crippen MR) is 254 cm³/mol. The zero-order valence-electron chi connectivity index (χ0n) is 40.8. The number of amides is 2. The highest BCUT2D eigenvalue weighted by Gasteiger charge is 2.35. The first kappa shape index (κ1) is 53.4. The molecule has 3 aromatic rings. The summed E-state index contributed by atoms with van der Waals surface area (Å²) >= 11 is 0. The molecule has 23 nitrogen and oxygen atoms in total. The molecule has 68 heavy (non-hydrogen) atoms. The van der Waals surface area contributed by atoms with Gasteiger partial charge in [-0.15, -0.1) is 16.6 Å². The lowest BCUT2D eigenvalue weighted by Crippen LogP contribution is -2.52. The van der Waals surface area contributed by atoms with E-state index in [4.69, 9.17) is 47.1 Å². The van der Waals surface area contributed by atoms with Crippen molar-refractivity contribution in [3.63, 3.8) is 0 Å². The Balaban J connectivity index is 1.27. The van der Waals surface area contributed by atoms with Crippen molar-refractivity contribution in [2.75, 3.05) is 114 Å². The molecule has 2 aliphatic heterocycles. The summed E-state index contributed by atoms with van der Waals surface area (Å²) in [5.74, 6) is 3.11. The van der Waals surface area contributed by atoms with Crippen LogP contribution in [0.25, 0.3) is 0 Å². The Bertz CT molecular complexity index is 2060. The molecule has 0 aromatic carbocycles. The minimum atomic E-state index is -1.01. The maximum atomic E-state index is 14.3. The van der Waals surface area contributed by atoms with Gasteiger partial charge in [0.1, 0.15) is 18.7 Å². The van der Waals surface area contributed by atoms with Crippen molar-refractivity contribution >= 4 is 35.6 Å². The normalized spacial score (nSPS) is 16.7. The summed E-state index contributed by atoms with van der Waals surface area (Å²) < 4.78 is 19.6. The number of anilines is 3. The van der Waals surface area contributed by atoms with Crippen molar-refractivity contribution in [3.8, 4) is 12.3 Å². The lowest BCUT2D eigenvalue weighted by atomic mass is 9.97. The van der Waals surface area contributed by atoms with E-state index in [1.165, 1.54) is 4.68 Å². The van der Waals surface area contributed by atoms with Gasteiger partial charge in [-0.05, 0) is 37.0 Å². The van der Waals surface area contributed by atoms with E-state index >= 15 is 0 Å². The molecule has 5 rings (SSSR count). The molecule has 23 heteroatoms. The van der Waals surface area contributed by atoms with E-state index in [2.05, 4.69) is 73.4 Å². The average Bonchev–Trinajstić information content (AvgIpc) is 4.02. The molecule has 3 aromatic heterocycles. The fourth-order valence-corrected chi connectivity index (χ4v) is 8.11. The highest BCUT2D eigenvalue weighted by atomic mass is 16.5. The van der Waals surface area contributed by atoms with Gasteiger partial charge >= 0.3 is 5.97 Å². The van der Waals surface area contributed by atoms with Gasteiger partial charge in [0, 0.05) is 65.3 Å². The second-order valence-corrected chi connectivity index (χ2v) is 18.3. The maximum Gasteiger partial charge on any atom is 0.303 e. The second kappa shape index (κ2) is 26.9. The van der Waals surface area contributed by atoms with E-state index < -0.39 is 18.1 Å². The van der Waals surface area contributed by atoms with Crippen molar-refractivity contribution in [3.05, 3.63) is 23.8 Å². The molecular formula is C45H74N16O7. The molecule has 0 saturated carbocycles. The number of terminal acetylenes is 1. The molecule has 0 bridgehead atoms. The minimum Gasteiger partial charge on any atom is -0.481 e. The molecule has 0 spiro atoms. The van der Waals surface area contributed by atoms with Crippen LogP contribution in [0.4, 0.5) is 17.8 Å². The summed E-state index contributed by atoms with van der Waals surface area (Å²) in [5.41, 5.74) is 14.0. The fourth-order valence-electron chi connectivity index (χ4n) is 8.11. The van der Waals surface area contributed by atoms with Crippen molar-refractivity contribution in [2.45, 2.75) is 97.8 Å². The zero-order chi connectivity index (χ0) is 49.2. The number of carbonyl (C=O) groups is 3. The number of hydrogen-bond donors (Lipinski definition) is 4. The van der Waals surface area contributed by atoms with Crippen LogP contribution in [-0.2, 0) is 28.6 Å². The quantitative estimate of drug-likeness (QED) is 0.0598. The van der Waals surface area contributed by atoms with Gasteiger partial charge in [-0.25, -0.2) is 9.36 Å². The molecule has 2 saturated heterocycles. The Morgan fingerprint density at radius 1 is 0.735 bits per heavy atom. The number of aromatic nitrogens is 9. The topological polar surface area (TPSA) is 276 Å². The fraction of sp³-hybridized carbons (Fsp3) is 0.733. The third kappa shape index (κ3) is 15.8. The highest BCUT2D eigenvalue weighted by molar-refractivity contribution is 5.82. The molecule has 3 unspecified atom stereocenters. The van der Waals surface area contributed by atoms with Gasteiger partial charge < -0.3 is 55.7 Å². The maximum absolute atomic E-state index is 14.3. The van der Waals surface area contributed by atoms with Crippen LogP contribution in [0.15, 0.2) is 12.4 Å². The number of aliphatic carboxylic acids is 1. The number of hydrogen-bond acceptors (Lipinski definition) is 18. The number of ether oxygens (including phenoxy) is 3. The molecule has 0 radical (unpaired) electrons. The lowest BCUT2D eigenvalue weighted by molar-refractivity contribution is -0.139. The predicted octanol–water partition coefficient (Wildman–Crippen LogP) is 1.93. The molecule has 2 fully saturated rings. The Morgan fingerprint density at radius 3 is 1.75 bits per heavy atom. The summed E-state index contributed by atoms with van der Waals surface area (Å²) in [6.07, 6.45) is 10.7. The SMILES string of the molecule is C#CCOCCOCCOCCNc1nc(N2CCN(C(=O)C([C@@H](C)CC)n3cc(C(N)CC(C)C)nn3)CC2)nc(N2CCN(C(=O)[C@H](CCC(=O)O)n3cc(C(N)CC(C)C)nn3)CC2)n1. The molecule has 2 aliphatic rings. The monoisotopic (exact) mass is 951 g/mol. The van der Waals surface area contributed by atoms with Crippen LogP contribution in [0.5, 0.6) is 0 Å². The molecule has 376 valence electrons. The molecular weight excluding hydrogens is 877 g/mol. The second-order valence-electron chi connectivity index (χ2n) is 18.3. The zero-order valence-corrected chi connectivity index (χ0v) is 40.8. The van der Waals surface area contributed by atoms with Crippen LogP contribution in [0, 0.1) is 30.1 Å². The summed E-state index contributed by atoms with van der Waals surface area (Å²) in [6.45, 7) is 18.4. The summed E-state index contributed by atoms with van der Waals surface area (Å²) in [4.78, 5) is 62.2.